The van der Waals surface area contributed by atoms with E-state index in [-0.39, 0.29) is 11.7 Å². The predicted molar refractivity (Wildman–Crippen MR) is 139 cm³/mol. The van der Waals surface area contributed by atoms with Gasteiger partial charge in [0, 0.05) is 22.3 Å². The molecule has 1 N–H and O–H groups in total. The minimum atomic E-state index is -0.118. The van der Waals surface area contributed by atoms with Crippen molar-refractivity contribution in [3.63, 3.8) is 0 Å². The van der Waals surface area contributed by atoms with Crippen LogP contribution in [0.5, 0.6) is 5.75 Å². The van der Waals surface area contributed by atoms with Crippen LogP contribution < -0.4 is 10.1 Å². The highest BCUT2D eigenvalue weighted by atomic mass is 32.2. The molecule has 0 aliphatic heterocycles. The van der Waals surface area contributed by atoms with Gasteiger partial charge in [-0.05, 0) is 55.8 Å². The molecule has 6 nitrogen and oxygen atoms in total. The van der Waals surface area contributed by atoms with E-state index in [1.165, 1.54) is 22.2 Å². The molecule has 4 aromatic rings. The lowest BCUT2D eigenvalue weighted by atomic mass is 10.2. The monoisotopic (exact) mass is 490 g/mol. The standard InChI is InChI=1S/C26H26N4O2S2/c1-18-10-12-23(13-11-18)33-16-24-28-29-26(30(24)21-8-4-6-19(2)14-21)34-17-25(31)27-20-7-5-9-22(15-20)32-3/h4-15H,16-17H2,1-3H3,(H,27,31). The molecule has 174 valence electrons. The number of hydrogen-bond donors (Lipinski definition) is 1. The zero-order chi connectivity index (χ0) is 23.9. The van der Waals surface area contributed by atoms with Crippen LogP contribution in [0.1, 0.15) is 17.0 Å². The second kappa shape index (κ2) is 11.3. The first-order valence-electron chi connectivity index (χ1n) is 10.8. The topological polar surface area (TPSA) is 69.0 Å². The zero-order valence-corrected chi connectivity index (χ0v) is 21.0. The average molecular weight is 491 g/mol. The molecule has 3 aromatic carbocycles. The maximum absolute atomic E-state index is 12.6. The number of nitrogens with one attached hydrogen (secondary N) is 1. The number of nitrogens with zero attached hydrogens (tertiary/aromatic N) is 3. The van der Waals surface area contributed by atoms with Crippen molar-refractivity contribution >= 4 is 35.1 Å². The Hall–Kier alpha value is -3.23. The van der Waals surface area contributed by atoms with Crippen LogP contribution in [0.4, 0.5) is 5.69 Å². The Morgan fingerprint density at radius 2 is 1.74 bits per heavy atom. The molecule has 0 atom stereocenters. The van der Waals surface area contributed by atoms with Gasteiger partial charge < -0.3 is 10.1 Å². The van der Waals surface area contributed by atoms with E-state index in [4.69, 9.17) is 4.74 Å². The molecule has 0 aliphatic carbocycles. The van der Waals surface area contributed by atoms with Crippen LogP contribution in [0, 0.1) is 13.8 Å². The summed E-state index contributed by atoms with van der Waals surface area (Å²) in [7, 11) is 1.60. The van der Waals surface area contributed by atoms with E-state index >= 15 is 0 Å². The first kappa shape index (κ1) is 23.9. The molecule has 0 unspecified atom stereocenters. The average Bonchev–Trinajstić information content (AvgIpc) is 3.25. The second-order valence-electron chi connectivity index (χ2n) is 7.74. The molecular weight excluding hydrogens is 464 g/mol. The molecule has 1 heterocycles. The predicted octanol–water partition coefficient (Wildman–Crippen LogP) is 5.92. The molecule has 0 bridgehead atoms. The third-order valence-corrected chi connectivity index (χ3v) is 6.97. The van der Waals surface area contributed by atoms with E-state index in [0.29, 0.717) is 22.3 Å². The van der Waals surface area contributed by atoms with Crippen LogP contribution in [0.15, 0.2) is 82.8 Å². The molecule has 1 amide bonds. The maximum Gasteiger partial charge on any atom is 0.234 e. The first-order chi connectivity index (χ1) is 16.5. The van der Waals surface area contributed by atoms with Crippen molar-refractivity contribution in [3.05, 3.63) is 89.7 Å². The van der Waals surface area contributed by atoms with Gasteiger partial charge in [0.1, 0.15) is 11.6 Å². The molecule has 0 fully saturated rings. The summed E-state index contributed by atoms with van der Waals surface area (Å²) in [5, 5.41) is 12.5. The fraction of sp³-hybridized carbons (Fsp3) is 0.192. The van der Waals surface area contributed by atoms with Gasteiger partial charge in [-0.1, -0.05) is 47.7 Å². The van der Waals surface area contributed by atoms with E-state index in [0.717, 1.165) is 17.1 Å². The van der Waals surface area contributed by atoms with Crippen LogP contribution in [0.25, 0.3) is 5.69 Å². The van der Waals surface area contributed by atoms with Gasteiger partial charge in [-0.15, -0.1) is 22.0 Å². The maximum atomic E-state index is 12.6. The molecule has 0 radical (unpaired) electrons. The number of aryl methyl sites for hydroxylation is 2. The lowest BCUT2D eigenvalue weighted by molar-refractivity contribution is -0.113. The Bertz CT molecular complexity index is 1270. The number of carbonyl (C=O) groups excluding carboxylic acids is 1. The number of carbonyl (C=O) groups is 1. The first-order valence-corrected chi connectivity index (χ1v) is 12.8. The summed E-state index contributed by atoms with van der Waals surface area (Å²) in [6.45, 7) is 4.14. The molecule has 0 saturated carbocycles. The second-order valence-corrected chi connectivity index (χ2v) is 9.74. The summed E-state index contributed by atoms with van der Waals surface area (Å²) in [5.74, 6) is 2.30. The molecule has 0 saturated heterocycles. The summed E-state index contributed by atoms with van der Waals surface area (Å²) >= 11 is 3.08. The Labute approximate surface area is 208 Å². The van der Waals surface area contributed by atoms with Crippen LogP contribution >= 0.6 is 23.5 Å². The molecule has 1 aromatic heterocycles. The van der Waals surface area contributed by atoms with E-state index in [1.54, 1.807) is 24.9 Å². The highest BCUT2D eigenvalue weighted by Gasteiger charge is 2.16. The Morgan fingerprint density at radius 1 is 0.941 bits per heavy atom. The smallest absolute Gasteiger partial charge is 0.234 e. The summed E-state index contributed by atoms with van der Waals surface area (Å²) < 4.78 is 7.26. The number of aromatic nitrogens is 3. The quantitative estimate of drug-likeness (QED) is 0.294. The molecule has 0 aliphatic rings. The lowest BCUT2D eigenvalue weighted by Crippen LogP contribution is -2.14. The van der Waals surface area contributed by atoms with Crippen molar-refractivity contribution in [2.45, 2.75) is 29.7 Å². The number of thioether (sulfide) groups is 2. The summed E-state index contributed by atoms with van der Waals surface area (Å²) in [6.07, 6.45) is 0. The SMILES string of the molecule is COc1cccc(NC(=O)CSc2nnc(CSc3ccc(C)cc3)n2-c2cccc(C)c2)c1. The van der Waals surface area contributed by atoms with Gasteiger partial charge in [0.2, 0.25) is 5.91 Å². The van der Waals surface area contributed by atoms with Crippen molar-refractivity contribution in [1.29, 1.82) is 0 Å². The fourth-order valence-electron chi connectivity index (χ4n) is 3.32. The largest absolute Gasteiger partial charge is 0.497 e. The number of rotatable bonds is 9. The fourth-order valence-corrected chi connectivity index (χ4v) is 4.91. The van der Waals surface area contributed by atoms with Crippen LogP contribution in [0.3, 0.4) is 0 Å². The highest BCUT2D eigenvalue weighted by molar-refractivity contribution is 7.99. The highest BCUT2D eigenvalue weighted by Crippen LogP contribution is 2.28. The number of methoxy groups -OCH3 is 1. The van der Waals surface area contributed by atoms with Crippen molar-refractivity contribution in [1.82, 2.24) is 14.8 Å². The number of benzene rings is 3. The van der Waals surface area contributed by atoms with Crippen molar-refractivity contribution < 1.29 is 9.53 Å². The third kappa shape index (κ3) is 6.21. The van der Waals surface area contributed by atoms with Crippen molar-refractivity contribution in [3.8, 4) is 11.4 Å². The van der Waals surface area contributed by atoms with Crippen LogP contribution in [-0.2, 0) is 10.5 Å². The number of ether oxygens (including phenoxy) is 1. The Morgan fingerprint density at radius 3 is 2.50 bits per heavy atom. The van der Waals surface area contributed by atoms with E-state index < -0.39 is 0 Å². The van der Waals surface area contributed by atoms with Gasteiger partial charge in [-0.3, -0.25) is 9.36 Å². The molecule has 0 spiro atoms. The normalized spacial score (nSPS) is 10.8. The van der Waals surface area contributed by atoms with Gasteiger partial charge in [0.05, 0.1) is 18.6 Å². The van der Waals surface area contributed by atoms with E-state index in [2.05, 4.69) is 65.8 Å². The lowest BCUT2D eigenvalue weighted by Gasteiger charge is -2.11. The van der Waals surface area contributed by atoms with Crippen molar-refractivity contribution in [2.75, 3.05) is 18.2 Å². The van der Waals surface area contributed by atoms with Gasteiger partial charge >= 0.3 is 0 Å². The van der Waals surface area contributed by atoms with E-state index in [9.17, 15) is 4.79 Å². The summed E-state index contributed by atoms with van der Waals surface area (Å²) in [5.41, 5.74) is 4.06. The summed E-state index contributed by atoms with van der Waals surface area (Å²) in [4.78, 5) is 13.8. The number of anilines is 1. The Kier molecular flexibility index (Phi) is 7.92. The van der Waals surface area contributed by atoms with Gasteiger partial charge in [-0.2, -0.15) is 0 Å². The van der Waals surface area contributed by atoms with Crippen LogP contribution in [-0.4, -0.2) is 33.5 Å². The van der Waals surface area contributed by atoms with Crippen LogP contribution in [0.2, 0.25) is 0 Å². The number of amides is 1. The minimum Gasteiger partial charge on any atom is -0.497 e. The number of hydrogen-bond acceptors (Lipinski definition) is 6. The molecule has 8 heteroatoms. The molecular formula is C26H26N4O2S2. The minimum absolute atomic E-state index is 0.118. The van der Waals surface area contributed by atoms with Crippen molar-refractivity contribution in [2.24, 2.45) is 0 Å². The van der Waals surface area contributed by atoms with Gasteiger partial charge in [-0.25, -0.2) is 0 Å². The van der Waals surface area contributed by atoms with Gasteiger partial charge in [0.15, 0.2) is 5.16 Å². The summed E-state index contributed by atoms with van der Waals surface area (Å²) in [6, 6.07) is 24.0. The molecule has 34 heavy (non-hydrogen) atoms. The van der Waals surface area contributed by atoms with Gasteiger partial charge in [0.25, 0.3) is 0 Å². The molecule has 4 rings (SSSR count). The zero-order valence-electron chi connectivity index (χ0n) is 19.3. The third-order valence-electron chi connectivity index (χ3n) is 5.04. The van der Waals surface area contributed by atoms with E-state index in [1.807, 2.05) is 34.9 Å². The Balaban J connectivity index is 1.50.